The van der Waals surface area contributed by atoms with Crippen LogP contribution in [-0.4, -0.2) is 4.98 Å². The zero-order valence-corrected chi connectivity index (χ0v) is 9.26. The Morgan fingerprint density at radius 3 is 2.31 bits per heavy atom. The molecule has 0 saturated carbocycles. The van der Waals surface area contributed by atoms with Crippen molar-refractivity contribution in [2.75, 3.05) is 0 Å². The van der Waals surface area contributed by atoms with Gasteiger partial charge in [-0.25, -0.2) is 0 Å². The summed E-state index contributed by atoms with van der Waals surface area (Å²) in [5, 5.41) is 0. The largest absolute Gasteiger partial charge is 0.261 e. The fourth-order valence-corrected chi connectivity index (χ4v) is 1.50. The van der Waals surface area contributed by atoms with Crippen molar-refractivity contribution in [3.05, 3.63) is 29.1 Å². The molecule has 0 aliphatic carbocycles. The van der Waals surface area contributed by atoms with Crippen molar-refractivity contribution in [1.29, 1.82) is 0 Å². The van der Waals surface area contributed by atoms with Crippen molar-refractivity contribution in [3.63, 3.8) is 0 Å². The molecule has 0 radical (unpaired) electrons. The molecule has 1 aromatic rings. The Labute approximate surface area is 81.2 Å². The van der Waals surface area contributed by atoms with Crippen LogP contribution in [0, 0.1) is 19.8 Å². The summed E-state index contributed by atoms with van der Waals surface area (Å²) < 4.78 is 0. The molecule has 0 spiro atoms. The number of hydrogen-bond donors (Lipinski definition) is 0. The maximum absolute atomic E-state index is 4.28. The van der Waals surface area contributed by atoms with E-state index in [1.54, 1.807) is 0 Å². The summed E-state index contributed by atoms with van der Waals surface area (Å²) in [6, 6.07) is 2.21. The molecule has 0 aliphatic rings. The third-order valence-electron chi connectivity index (χ3n) is 2.77. The average molecular weight is 177 g/mol. The lowest BCUT2D eigenvalue weighted by Gasteiger charge is -2.18. The van der Waals surface area contributed by atoms with Crippen LogP contribution in [0.2, 0.25) is 0 Å². The Hall–Kier alpha value is -0.850. The van der Waals surface area contributed by atoms with Gasteiger partial charge in [0.15, 0.2) is 0 Å². The van der Waals surface area contributed by atoms with E-state index in [0.29, 0.717) is 11.8 Å². The van der Waals surface area contributed by atoms with Crippen LogP contribution in [0.1, 0.15) is 43.5 Å². The number of rotatable bonds is 2. The minimum Gasteiger partial charge on any atom is -0.261 e. The molecule has 1 heteroatoms. The molecule has 1 nitrogen and oxygen atoms in total. The lowest BCUT2D eigenvalue weighted by Crippen LogP contribution is -2.05. The third kappa shape index (κ3) is 2.30. The predicted molar refractivity (Wildman–Crippen MR) is 57.0 cm³/mol. The van der Waals surface area contributed by atoms with Gasteiger partial charge in [-0.2, -0.15) is 0 Å². The number of aromatic nitrogens is 1. The molecule has 13 heavy (non-hydrogen) atoms. The van der Waals surface area contributed by atoms with Crippen LogP contribution in [0.5, 0.6) is 0 Å². The molecule has 0 amide bonds. The SMILES string of the molecule is Cc1cc(C(C)C(C)C)c(C)cn1. The Bertz CT molecular complexity index is 289. The minimum absolute atomic E-state index is 0.627. The van der Waals surface area contributed by atoms with Gasteiger partial charge in [-0.15, -0.1) is 0 Å². The highest BCUT2D eigenvalue weighted by Gasteiger charge is 2.12. The lowest BCUT2D eigenvalue weighted by molar-refractivity contribution is 0.532. The first-order valence-electron chi connectivity index (χ1n) is 4.95. The topological polar surface area (TPSA) is 12.9 Å². The molecule has 0 bridgehead atoms. The van der Waals surface area contributed by atoms with Gasteiger partial charge in [-0.3, -0.25) is 4.98 Å². The van der Waals surface area contributed by atoms with Gasteiger partial charge in [-0.05, 0) is 42.9 Å². The van der Waals surface area contributed by atoms with Crippen molar-refractivity contribution in [2.24, 2.45) is 5.92 Å². The Morgan fingerprint density at radius 2 is 1.77 bits per heavy atom. The molecule has 0 aromatic carbocycles. The standard InChI is InChI=1S/C12H19N/c1-8(2)11(5)12-6-10(4)13-7-9(12)3/h6-8,11H,1-5H3. The predicted octanol–water partition coefficient (Wildman–Crippen LogP) is 3.46. The number of hydrogen-bond acceptors (Lipinski definition) is 1. The molecule has 1 atom stereocenters. The van der Waals surface area contributed by atoms with Crippen LogP contribution in [0.4, 0.5) is 0 Å². The fraction of sp³-hybridized carbons (Fsp3) is 0.583. The van der Waals surface area contributed by atoms with Gasteiger partial charge in [0.25, 0.3) is 0 Å². The summed E-state index contributed by atoms with van der Waals surface area (Å²) in [5.41, 5.74) is 3.88. The Morgan fingerprint density at radius 1 is 1.15 bits per heavy atom. The van der Waals surface area contributed by atoms with E-state index in [9.17, 15) is 0 Å². The van der Waals surface area contributed by atoms with Crippen molar-refractivity contribution in [3.8, 4) is 0 Å². The summed E-state index contributed by atoms with van der Waals surface area (Å²) in [4.78, 5) is 4.28. The van der Waals surface area contributed by atoms with Crippen LogP contribution >= 0.6 is 0 Å². The summed E-state index contributed by atoms with van der Waals surface area (Å²) in [6.07, 6.45) is 1.98. The first-order chi connectivity index (χ1) is 6.02. The van der Waals surface area contributed by atoms with E-state index in [0.717, 1.165) is 5.69 Å². The normalized spacial score (nSPS) is 13.4. The van der Waals surface area contributed by atoms with E-state index >= 15 is 0 Å². The molecule has 0 fully saturated rings. The molecule has 0 N–H and O–H groups in total. The Kier molecular flexibility index (Phi) is 3.07. The number of aryl methyl sites for hydroxylation is 2. The van der Waals surface area contributed by atoms with Crippen molar-refractivity contribution in [2.45, 2.75) is 40.5 Å². The molecule has 0 saturated heterocycles. The van der Waals surface area contributed by atoms with Crippen molar-refractivity contribution < 1.29 is 0 Å². The van der Waals surface area contributed by atoms with E-state index in [2.05, 4.69) is 45.7 Å². The molecular formula is C12H19N. The van der Waals surface area contributed by atoms with E-state index in [1.807, 2.05) is 6.20 Å². The molecular weight excluding hydrogens is 158 g/mol. The second kappa shape index (κ2) is 3.91. The number of nitrogens with zero attached hydrogens (tertiary/aromatic N) is 1. The highest BCUT2D eigenvalue weighted by molar-refractivity contribution is 5.28. The number of pyridine rings is 1. The van der Waals surface area contributed by atoms with Gasteiger partial charge in [0.1, 0.15) is 0 Å². The molecule has 1 unspecified atom stereocenters. The zero-order valence-electron chi connectivity index (χ0n) is 9.26. The minimum atomic E-state index is 0.627. The molecule has 0 aliphatic heterocycles. The third-order valence-corrected chi connectivity index (χ3v) is 2.77. The molecule has 72 valence electrons. The van der Waals surface area contributed by atoms with Crippen LogP contribution in [-0.2, 0) is 0 Å². The summed E-state index contributed by atoms with van der Waals surface area (Å²) in [7, 11) is 0. The quantitative estimate of drug-likeness (QED) is 0.674. The van der Waals surface area contributed by atoms with Gasteiger partial charge >= 0.3 is 0 Å². The summed E-state index contributed by atoms with van der Waals surface area (Å²) in [5.74, 6) is 1.32. The molecule has 1 heterocycles. The monoisotopic (exact) mass is 177 g/mol. The Balaban J connectivity index is 3.05. The first kappa shape index (κ1) is 10.2. The van der Waals surface area contributed by atoms with Gasteiger partial charge in [0, 0.05) is 11.9 Å². The van der Waals surface area contributed by atoms with Gasteiger partial charge in [0.2, 0.25) is 0 Å². The maximum atomic E-state index is 4.28. The highest BCUT2D eigenvalue weighted by Crippen LogP contribution is 2.26. The van der Waals surface area contributed by atoms with Gasteiger partial charge in [-0.1, -0.05) is 20.8 Å². The highest BCUT2D eigenvalue weighted by atomic mass is 14.7. The van der Waals surface area contributed by atoms with Crippen molar-refractivity contribution in [1.82, 2.24) is 4.98 Å². The van der Waals surface area contributed by atoms with E-state index in [-0.39, 0.29) is 0 Å². The van der Waals surface area contributed by atoms with E-state index < -0.39 is 0 Å². The van der Waals surface area contributed by atoms with Gasteiger partial charge in [0.05, 0.1) is 0 Å². The fourth-order valence-electron chi connectivity index (χ4n) is 1.50. The van der Waals surface area contributed by atoms with Crippen LogP contribution in [0.3, 0.4) is 0 Å². The van der Waals surface area contributed by atoms with Gasteiger partial charge < -0.3 is 0 Å². The summed E-state index contributed by atoms with van der Waals surface area (Å²) >= 11 is 0. The summed E-state index contributed by atoms with van der Waals surface area (Å²) in [6.45, 7) is 11.0. The second-order valence-corrected chi connectivity index (χ2v) is 4.21. The maximum Gasteiger partial charge on any atom is 0.0375 e. The molecule has 1 rings (SSSR count). The van der Waals surface area contributed by atoms with Crippen LogP contribution < -0.4 is 0 Å². The second-order valence-electron chi connectivity index (χ2n) is 4.21. The first-order valence-corrected chi connectivity index (χ1v) is 4.95. The smallest absolute Gasteiger partial charge is 0.0375 e. The zero-order chi connectivity index (χ0) is 10.0. The van der Waals surface area contributed by atoms with Crippen LogP contribution in [0.15, 0.2) is 12.3 Å². The van der Waals surface area contributed by atoms with E-state index in [1.165, 1.54) is 11.1 Å². The average Bonchev–Trinajstić information content (AvgIpc) is 2.08. The van der Waals surface area contributed by atoms with E-state index in [4.69, 9.17) is 0 Å². The molecule has 1 aromatic heterocycles. The van der Waals surface area contributed by atoms with Crippen LogP contribution in [0.25, 0.3) is 0 Å². The lowest BCUT2D eigenvalue weighted by atomic mass is 9.88. The van der Waals surface area contributed by atoms with Crippen molar-refractivity contribution >= 4 is 0 Å².